The molecule has 0 saturated heterocycles. The van der Waals surface area contributed by atoms with Gasteiger partial charge in [0.15, 0.2) is 11.6 Å². The number of hydrogen-bond donors (Lipinski definition) is 0. The first-order valence-corrected chi connectivity index (χ1v) is 9.00. The first-order valence-electron chi connectivity index (χ1n) is 9.00. The maximum absolute atomic E-state index is 12.4. The van der Waals surface area contributed by atoms with E-state index < -0.39 is 0 Å². The zero-order valence-corrected chi connectivity index (χ0v) is 13.8. The molecule has 2 aromatic carbocycles. The number of rotatable bonds is 1. The van der Waals surface area contributed by atoms with Gasteiger partial charge in [0.05, 0.1) is 0 Å². The molecule has 0 N–H and O–H groups in total. The van der Waals surface area contributed by atoms with E-state index in [4.69, 9.17) is 0 Å². The monoisotopic (exact) mass is 318 g/mol. The Balaban J connectivity index is 1.83. The minimum absolute atomic E-state index is 0.270. The molecule has 0 heterocycles. The van der Waals surface area contributed by atoms with Crippen LogP contribution in [0, 0.1) is 0 Å². The second kappa shape index (κ2) is 6.35. The highest BCUT2D eigenvalue weighted by molar-refractivity contribution is 5.99. The second-order valence-corrected chi connectivity index (χ2v) is 7.02. The summed E-state index contributed by atoms with van der Waals surface area (Å²) in [6, 6.07) is 16.2. The predicted molar refractivity (Wildman–Crippen MR) is 94.7 cm³/mol. The van der Waals surface area contributed by atoms with Crippen molar-refractivity contribution in [3.63, 3.8) is 0 Å². The van der Waals surface area contributed by atoms with E-state index in [2.05, 4.69) is 12.1 Å². The highest BCUT2D eigenvalue weighted by Crippen LogP contribution is 2.45. The number of fused-ring (bicyclic) bond motifs is 2. The molecule has 2 nitrogen and oxygen atoms in total. The van der Waals surface area contributed by atoms with Crippen molar-refractivity contribution in [2.75, 3.05) is 0 Å². The molecule has 0 aliphatic heterocycles. The van der Waals surface area contributed by atoms with Crippen molar-refractivity contribution in [3.8, 4) is 0 Å². The van der Waals surface area contributed by atoms with E-state index in [-0.39, 0.29) is 11.6 Å². The maximum Gasteiger partial charge on any atom is 0.163 e. The summed E-state index contributed by atoms with van der Waals surface area (Å²) in [5, 5.41) is 0. The van der Waals surface area contributed by atoms with Crippen LogP contribution in [0.5, 0.6) is 0 Å². The highest BCUT2D eigenvalue weighted by Gasteiger charge is 2.33. The number of ketones is 2. The minimum atomic E-state index is 0.270. The van der Waals surface area contributed by atoms with Gasteiger partial charge in [-0.1, -0.05) is 48.5 Å². The molecule has 2 aliphatic carbocycles. The third-order valence-corrected chi connectivity index (χ3v) is 5.64. The molecule has 0 aromatic heterocycles. The predicted octanol–water partition coefficient (Wildman–Crippen LogP) is 5.29. The minimum Gasteiger partial charge on any atom is -0.294 e. The van der Waals surface area contributed by atoms with Gasteiger partial charge in [0.2, 0.25) is 0 Å². The Morgan fingerprint density at radius 3 is 1.50 bits per heavy atom. The van der Waals surface area contributed by atoms with Gasteiger partial charge >= 0.3 is 0 Å². The molecule has 122 valence electrons. The number of carbonyl (C=O) groups is 2. The lowest BCUT2D eigenvalue weighted by Gasteiger charge is -2.28. The van der Waals surface area contributed by atoms with Gasteiger partial charge < -0.3 is 0 Å². The summed E-state index contributed by atoms with van der Waals surface area (Å²) in [6.45, 7) is 0. The zero-order valence-electron chi connectivity index (χ0n) is 13.8. The van der Waals surface area contributed by atoms with E-state index in [0.717, 1.165) is 36.8 Å². The smallest absolute Gasteiger partial charge is 0.163 e. The van der Waals surface area contributed by atoms with Gasteiger partial charge in [-0.25, -0.2) is 0 Å². The Hall–Kier alpha value is -2.22. The van der Waals surface area contributed by atoms with Crippen molar-refractivity contribution >= 4 is 11.6 Å². The quantitative estimate of drug-likeness (QED) is 0.670. The average molecular weight is 318 g/mol. The highest BCUT2D eigenvalue weighted by atomic mass is 16.1. The average Bonchev–Trinajstić information content (AvgIpc) is 2.88. The van der Waals surface area contributed by atoms with Gasteiger partial charge in [0.25, 0.3) is 0 Å². The standard InChI is InChI=1S/C22H22O2/c23-21-13-5-11-15(17-7-1-3-9-19(17)21)16-12-6-14-22(24)20-10-4-2-8-18(16)20/h1-4,7-10,15-16H,5-6,11-14H2/t15-,16-/m0/s1. The summed E-state index contributed by atoms with van der Waals surface area (Å²) in [4.78, 5) is 24.9. The van der Waals surface area contributed by atoms with Gasteiger partial charge in [0, 0.05) is 24.0 Å². The Labute approximate surface area is 142 Å². The van der Waals surface area contributed by atoms with Crippen molar-refractivity contribution in [3.05, 3.63) is 70.8 Å². The van der Waals surface area contributed by atoms with Crippen LogP contribution in [0.2, 0.25) is 0 Å². The fourth-order valence-corrected chi connectivity index (χ4v) is 4.53. The van der Waals surface area contributed by atoms with E-state index in [0.29, 0.717) is 24.7 Å². The molecule has 0 fully saturated rings. The molecule has 0 unspecified atom stereocenters. The summed E-state index contributed by atoms with van der Waals surface area (Å²) >= 11 is 0. The molecule has 2 aliphatic rings. The maximum atomic E-state index is 12.4. The third-order valence-electron chi connectivity index (χ3n) is 5.64. The SMILES string of the molecule is O=C1CCC[C@@H]([C@@H]2CCCC(=O)c3ccccc32)c2ccccc21. The first-order chi connectivity index (χ1) is 11.8. The second-order valence-electron chi connectivity index (χ2n) is 7.02. The van der Waals surface area contributed by atoms with Crippen LogP contribution in [0.4, 0.5) is 0 Å². The molecule has 24 heavy (non-hydrogen) atoms. The van der Waals surface area contributed by atoms with E-state index in [1.807, 2.05) is 36.4 Å². The van der Waals surface area contributed by atoms with Crippen LogP contribution in [-0.2, 0) is 0 Å². The third kappa shape index (κ3) is 2.60. The lowest BCUT2D eigenvalue weighted by Crippen LogP contribution is -2.14. The van der Waals surface area contributed by atoms with E-state index in [9.17, 15) is 9.59 Å². The van der Waals surface area contributed by atoms with Gasteiger partial charge in [0.1, 0.15) is 0 Å². The number of benzene rings is 2. The van der Waals surface area contributed by atoms with E-state index in [1.54, 1.807) is 0 Å². The van der Waals surface area contributed by atoms with E-state index in [1.165, 1.54) is 11.1 Å². The van der Waals surface area contributed by atoms with Crippen molar-refractivity contribution < 1.29 is 9.59 Å². The van der Waals surface area contributed by atoms with Crippen LogP contribution < -0.4 is 0 Å². The van der Waals surface area contributed by atoms with Gasteiger partial charge in [-0.3, -0.25) is 9.59 Å². The van der Waals surface area contributed by atoms with Crippen LogP contribution >= 0.6 is 0 Å². The topological polar surface area (TPSA) is 34.1 Å². The molecule has 0 bridgehead atoms. The zero-order chi connectivity index (χ0) is 16.5. The fourth-order valence-electron chi connectivity index (χ4n) is 4.53. The molecular weight excluding hydrogens is 296 g/mol. The Morgan fingerprint density at radius 1 is 0.625 bits per heavy atom. The lowest BCUT2D eigenvalue weighted by molar-refractivity contribution is 0.0973. The summed E-state index contributed by atoms with van der Waals surface area (Å²) in [5.41, 5.74) is 4.17. The van der Waals surface area contributed by atoms with Crippen molar-refractivity contribution in [2.24, 2.45) is 0 Å². The normalized spacial score (nSPS) is 23.8. The molecule has 0 saturated carbocycles. The summed E-state index contributed by atoms with van der Waals surface area (Å²) in [5.74, 6) is 1.21. The summed E-state index contributed by atoms with van der Waals surface area (Å²) < 4.78 is 0. The van der Waals surface area contributed by atoms with Crippen molar-refractivity contribution in [1.82, 2.24) is 0 Å². The summed E-state index contributed by atoms with van der Waals surface area (Å²) in [6.07, 6.45) is 5.20. The van der Waals surface area contributed by atoms with Crippen LogP contribution in [0.3, 0.4) is 0 Å². The van der Waals surface area contributed by atoms with Crippen LogP contribution in [0.25, 0.3) is 0 Å². The van der Waals surface area contributed by atoms with Crippen LogP contribution in [0.1, 0.15) is 82.2 Å². The van der Waals surface area contributed by atoms with Crippen molar-refractivity contribution in [2.45, 2.75) is 50.4 Å². The number of carbonyl (C=O) groups excluding carboxylic acids is 2. The lowest BCUT2D eigenvalue weighted by atomic mass is 9.76. The van der Waals surface area contributed by atoms with Crippen molar-refractivity contribution in [1.29, 1.82) is 0 Å². The molecule has 2 heteroatoms. The number of Topliss-reactive ketones (excluding diaryl/α,β-unsaturated/α-hetero) is 2. The largest absolute Gasteiger partial charge is 0.294 e. The van der Waals surface area contributed by atoms with Gasteiger partial charge in [-0.15, -0.1) is 0 Å². The molecule has 0 radical (unpaired) electrons. The molecule has 0 spiro atoms. The van der Waals surface area contributed by atoms with E-state index >= 15 is 0 Å². The summed E-state index contributed by atoms with van der Waals surface area (Å²) in [7, 11) is 0. The Morgan fingerprint density at radius 2 is 1.04 bits per heavy atom. The Bertz CT molecular complexity index is 723. The number of hydrogen-bond acceptors (Lipinski definition) is 2. The molecule has 0 amide bonds. The van der Waals surface area contributed by atoms with Gasteiger partial charge in [-0.05, 0) is 48.6 Å². The fraction of sp³-hybridized carbons (Fsp3) is 0.364. The molecular formula is C22H22O2. The van der Waals surface area contributed by atoms with Crippen LogP contribution in [-0.4, -0.2) is 11.6 Å². The first kappa shape index (κ1) is 15.3. The molecule has 2 aromatic rings. The van der Waals surface area contributed by atoms with Crippen LogP contribution in [0.15, 0.2) is 48.5 Å². The molecule has 2 atom stereocenters. The molecule has 4 rings (SSSR count). The van der Waals surface area contributed by atoms with Gasteiger partial charge in [-0.2, -0.15) is 0 Å². The Kier molecular flexibility index (Phi) is 4.05.